The lowest BCUT2D eigenvalue weighted by molar-refractivity contribution is 0.355. The molecular formula is C22H20N6O2. The Balaban J connectivity index is 1.62. The standard InChI is InChI=1S/C22H20N6O2/c1-13-8-14-9-16(4-6-18(14)25-13)26-21-15(11-23)12-24-22(28-21)27-17-5-7-19(29-2)20(10-17)30-3/h4-10,12,25H,1-3H3,(H2,24,26,27,28). The third kappa shape index (κ3) is 3.82. The van der Waals surface area contributed by atoms with Crippen molar-refractivity contribution in [3.8, 4) is 17.6 Å². The smallest absolute Gasteiger partial charge is 0.229 e. The Kier molecular flexibility index (Phi) is 5.09. The lowest BCUT2D eigenvalue weighted by Gasteiger charge is -2.12. The van der Waals surface area contributed by atoms with Gasteiger partial charge in [-0.1, -0.05) is 0 Å². The number of benzene rings is 2. The Morgan fingerprint density at radius 1 is 0.967 bits per heavy atom. The van der Waals surface area contributed by atoms with E-state index >= 15 is 0 Å². The first-order valence-corrected chi connectivity index (χ1v) is 9.22. The molecule has 8 heteroatoms. The van der Waals surface area contributed by atoms with Crippen LogP contribution in [0, 0.1) is 18.3 Å². The van der Waals surface area contributed by atoms with Crippen molar-refractivity contribution in [1.29, 1.82) is 5.26 Å². The van der Waals surface area contributed by atoms with Gasteiger partial charge in [0.2, 0.25) is 5.95 Å². The van der Waals surface area contributed by atoms with Gasteiger partial charge in [0.05, 0.1) is 20.4 Å². The molecule has 2 heterocycles. The number of hydrogen-bond acceptors (Lipinski definition) is 7. The van der Waals surface area contributed by atoms with Gasteiger partial charge < -0.3 is 25.1 Å². The fraction of sp³-hybridized carbons (Fsp3) is 0.136. The summed E-state index contributed by atoms with van der Waals surface area (Å²) in [5.74, 6) is 1.98. The van der Waals surface area contributed by atoms with Crippen molar-refractivity contribution in [2.24, 2.45) is 0 Å². The van der Waals surface area contributed by atoms with Crippen LogP contribution >= 0.6 is 0 Å². The van der Waals surface area contributed by atoms with Crippen LogP contribution < -0.4 is 20.1 Å². The van der Waals surface area contributed by atoms with Gasteiger partial charge in [-0.2, -0.15) is 10.2 Å². The quantitative estimate of drug-likeness (QED) is 0.432. The second kappa shape index (κ2) is 8.01. The summed E-state index contributed by atoms with van der Waals surface area (Å²) in [6, 6.07) is 15.5. The van der Waals surface area contributed by atoms with Gasteiger partial charge in [-0.25, -0.2) is 4.98 Å². The molecule has 0 aliphatic heterocycles. The third-order valence-corrected chi connectivity index (χ3v) is 4.57. The van der Waals surface area contributed by atoms with Gasteiger partial charge in [0.15, 0.2) is 17.3 Å². The summed E-state index contributed by atoms with van der Waals surface area (Å²) in [6.07, 6.45) is 1.48. The lowest BCUT2D eigenvalue weighted by Crippen LogP contribution is -2.03. The fourth-order valence-electron chi connectivity index (χ4n) is 3.15. The van der Waals surface area contributed by atoms with E-state index in [4.69, 9.17) is 9.47 Å². The molecular weight excluding hydrogens is 380 g/mol. The Morgan fingerprint density at radius 2 is 1.73 bits per heavy atom. The van der Waals surface area contributed by atoms with Crippen molar-refractivity contribution in [3.63, 3.8) is 0 Å². The molecule has 4 aromatic rings. The molecule has 3 N–H and O–H groups in total. The fourth-order valence-corrected chi connectivity index (χ4v) is 3.15. The van der Waals surface area contributed by atoms with Crippen LogP contribution in [0.3, 0.4) is 0 Å². The van der Waals surface area contributed by atoms with E-state index < -0.39 is 0 Å². The molecule has 0 aliphatic rings. The summed E-state index contributed by atoms with van der Waals surface area (Å²) < 4.78 is 10.6. The number of H-pyrrole nitrogens is 1. The van der Waals surface area contributed by atoms with E-state index in [-0.39, 0.29) is 0 Å². The largest absolute Gasteiger partial charge is 0.493 e. The maximum Gasteiger partial charge on any atom is 0.229 e. The number of nitrogens with zero attached hydrogens (tertiary/aromatic N) is 3. The monoisotopic (exact) mass is 400 g/mol. The van der Waals surface area contributed by atoms with Crippen LogP contribution in [-0.2, 0) is 0 Å². The molecule has 4 rings (SSSR count). The van der Waals surface area contributed by atoms with Gasteiger partial charge in [-0.15, -0.1) is 0 Å². The van der Waals surface area contributed by atoms with E-state index in [2.05, 4.69) is 37.7 Å². The molecule has 0 bridgehead atoms. The number of methoxy groups -OCH3 is 2. The Hall–Kier alpha value is -4.25. The molecule has 0 aliphatic carbocycles. The molecule has 30 heavy (non-hydrogen) atoms. The van der Waals surface area contributed by atoms with Crippen LogP contribution in [0.2, 0.25) is 0 Å². The lowest BCUT2D eigenvalue weighted by atomic mass is 10.2. The first-order valence-electron chi connectivity index (χ1n) is 9.22. The third-order valence-electron chi connectivity index (χ3n) is 4.57. The van der Waals surface area contributed by atoms with E-state index in [1.165, 1.54) is 6.20 Å². The van der Waals surface area contributed by atoms with Crippen molar-refractivity contribution in [2.75, 3.05) is 24.9 Å². The Morgan fingerprint density at radius 3 is 2.50 bits per heavy atom. The van der Waals surface area contributed by atoms with Crippen molar-refractivity contribution < 1.29 is 9.47 Å². The first kappa shape index (κ1) is 19.1. The molecule has 0 saturated heterocycles. The molecule has 0 fully saturated rings. The van der Waals surface area contributed by atoms with E-state index in [1.807, 2.05) is 31.2 Å². The van der Waals surface area contributed by atoms with Crippen molar-refractivity contribution in [2.45, 2.75) is 6.92 Å². The summed E-state index contributed by atoms with van der Waals surface area (Å²) in [5, 5.41) is 16.9. The molecule has 0 spiro atoms. The normalized spacial score (nSPS) is 10.5. The number of ether oxygens (including phenoxy) is 2. The summed E-state index contributed by atoms with van der Waals surface area (Å²) >= 11 is 0. The van der Waals surface area contributed by atoms with Crippen LogP contribution in [0.5, 0.6) is 11.5 Å². The Bertz CT molecular complexity index is 1260. The van der Waals surface area contributed by atoms with Crippen molar-refractivity contribution in [3.05, 3.63) is 59.9 Å². The summed E-state index contributed by atoms with van der Waals surface area (Å²) in [6.45, 7) is 2.01. The number of nitriles is 1. The highest BCUT2D eigenvalue weighted by Crippen LogP contribution is 2.31. The average molecular weight is 400 g/mol. The molecule has 2 aromatic carbocycles. The predicted molar refractivity (Wildman–Crippen MR) is 116 cm³/mol. The minimum atomic E-state index is 0.346. The molecule has 0 atom stereocenters. The highest BCUT2D eigenvalue weighted by Gasteiger charge is 2.10. The molecule has 0 saturated carbocycles. The van der Waals surface area contributed by atoms with E-state index in [9.17, 15) is 5.26 Å². The number of hydrogen-bond donors (Lipinski definition) is 3. The van der Waals surface area contributed by atoms with Gasteiger partial charge in [0, 0.05) is 34.0 Å². The number of anilines is 4. The van der Waals surface area contributed by atoms with E-state index in [0.29, 0.717) is 28.8 Å². The topological polar surface area (TPSA) is 108 Å². The zero-order chi connectivity index (χ0) is 21.1. The number of aromatic amines is 1. The first-order chi connectivity index (χ1) is 14.6. The molecule has 8 nitrogen and oxygen atoms in total. The maximum absolute atomic E-state index is 9.45. The van der Waals surface area contributed by atoms with Crippen LogP contribution in [0.4, 0.5) is 23.1 Å². The van der Waals surface area contributed by atoms with Gasteiger partial charge >= 0.3 is 0 Å². The second-order valence-corrected chi connectivity index (χ2v) is 6.64. The SMILES string of the molecule is COc1ccc(Nc2ncc(C#N)c(Nc3ccc4[nH]c(C)cc4c3)n2)cc1OC. The summed E-state index contributed by atoms with van der Waals surface area (Å²) in [5.41, 5.74) is 4.04. The van der Waals surface area contributed by atoms with Crippen molar-refractivity contribution in [1.82, 2.24) is 15.0 Å². The van der Waals surface area contributed by atoms with Gasteiger partial charge in [-0.3, -0.25) is 0 Å². The number of fused-ring (bicyclic) bond motifs is 1. The van der Waals surface area contributed by atoms with E-state index in [1.54, 1.807) is 26.4 Å². The zero-order valence-corrected chi connectivity index (χ0v) is 16.8. The predicted octanol–water partition coefficient (Wildman–Crippen LogP) is 4.64. The van der Waals surface area contributed by atoms with Crippen LogP contribution in [0.1, 0.15) is 11.3 Å². The van der Waals surface area contributed by atoms with Crippen LogP contribution in [0.15, 0.2) is 48.7 Å². The highest BCUT2D eigenvalue weighted by atomic mass is 16.5. The summed E-state index contributed by atoms with van der Waals surface area (Å²) in [4.78, 5) is 12.0. The van der Waals surface area contributed by atoms with Crippen molar-refractivity contribution >= 4 is 34.0 Å². The van der Waals surface area contributed by atoms with Crippen LogP contribution in [0.25, 0.3) is 10.9 Å². The van der Waals surface area contributed by atoms with Gasteiger partial charge in [-0.05, 0) is 43.3 Å². The second-order valence-electron chi connectivity index (χ2n) is 6.64. The minimum absolute atomic E-state index is 0.346. The minimum Gasteiger partial charge on any atom is -0.493 e. The van der Waals surface area contributed by atoms with Crippen LogP contribution in [-0.4, -0.2) is 29.2 Å². The number of rotatable bonds is 6. The van der Waals surface area contributed by atoms with Gasteiger partial charge in [0.25, 0.3) is 0 Å². The number of nitrogens with one attached hydrogen (secondary N) is 3. The molecule has 0 unspecified atom stereocenters. The molecule has 0 amide bonds. The summed E-state index contributed by atoms with van der Waals surface area (Å²) in [7, 11) is 3.16. The molecule has 0 radical (unpaired) electrons. The highest BCUT2D eigenvalue weighted by molar-refractivity contribution is 5.85. The Labute approximate surface area is 173 Å². The maximum atomic E-state index is 9.45. The van der Waals surface area contributed by atoms with Gasteiger partial charge in [0.1, 0.15) is 11.6 Å². The number of aryl methyl sites for hydroxylation is 1. The zero-order valence-electron chi connectivity index (χ0n) is 16.8. The molecule has 150 valence electrons. The molecule has 2 aromatic heterocycles. The average Bonchev–Trinajstić information content (AvgIpc) is 3.13. The van der Waals surface area contributed by atoms with E-state index in [0.717, 1.165) is 28.0 Å². The number of aromatic nitrogens is 3.